The smallest absolute Gasteiger partial charge is 0.0912 e. The molecule has 0 aromatic carbocycles. The molecule has 0 aliphatic rings. The van der Waals surface area contributed by atoms with Crippen LogP contribution in [-0.2, 0) is 0 Å². The molecule has 0 radical (unpaired) electrons. The first-order chi connectivity index (χ1) is 4.98. The number of aliphatic hydroxyl groups is 1. The van der Waals surface area contributed by atoms with Crippen LogP contribution in [0, 0.1) is 11.8 Å². The van der Waals surface area contributed by atoms with Gasteiger partial charge >= 0.3 is 0 Å². The van der Waals surface area contributed by atoms with Crippen molar-refractivity contribution in [1.82, 2.24) is 0 Å². The standard InChI is InChI=1S/C10H16O/c1-5-6-7-8-9(2)10(3,4)11/h11H,2,5-6H2,1,3-4H3. The lowest BCUT2D eigenvalue weighted by Crippen LogP contribution is -2.19. The van der Waals surface area contributed by atoms with Gasteiger partial charge in [0.1, 0.15) is 0 Å². The Morgan fingerprint density at radius 3 is 2.45 bits per heavy atom. The minimum atomic E-state index is -0.860. The third-order valence-electron chi connectivity index (χ3n) is 1.35. The van der Waals surface area contributed by atoms with E-state index in [-0.39, 0.29) is 0 Å². The molecule has 11 heavy (non-hydrogen) atoms. The van der Waals surface area contributed by atoms with E-state index in [1.807, 2.05) is 0 Å². The summed E-state index contributed by atoms with van der Waals surface area (Å²) in [5.74, 6) is 5.76. The molecule has 0 heterocycles. The SMILES string of the molecule is C=C(C#CCCC)C(C)(C)O. The van der Waals surface area contributed by atoms with Crippen LogP contribution >= 0.6 is 0 Å². The van der Waals surface area contributed by atoms with Crippen LogP contribution in [0.15, 0.2) is 12.2 Å². The molecule has 0 unspecified atom stereocenters. The van der Waals surface area contributed by atoms with E-state index < -0.39 is 5.60 Å². The summed E-state index contributed by atoms with van der Waals surface area (Å²) in [6, 6.07) is 0. The van der Waals surface area contributed by atoms with Gasteiger partial charge in [0.15, 0.2) is 0 Å². The highest BCUT2D eigenvalue weighted by Crippen LogP contribution is 2.11. The molecular formula is C10H16O. The lowest BCUT2D eigenvalue weighted by atomic mass is 10.0. The summed E-state index contributed by atoms with van der Waals surface area (Å²) in [5.41, 5.74) is -0.272. The van der Waals surface area contributed by atoms with Crippen molar-refractivity contribution < 1.29 is 5.11 Å². The van der Waals surface area contributed by atoms with Gasteiger partial charge in [-0.1, -0.05) is 25.3 Å². The van der Waals surface area contributed by atoms with Crippen molar-refractivity contribution in [2.45, 2.75) is 39.2 Å². The van der Waals surface area contributed by atoms with Gasteiger partial charge in [-0.2, -0.15) is 0 Å². The van der Waals surface area contributed by atoms with Crippen LogP contribution in [0.3, 0.4) is 0 Å². The first-order valence-corrected chi connectivity index (χ1v) is 3.89. The average Bonchev–Trinajstić information content (AvgIpc) is 1.86. The van der Waals surface area contributed by atoms with E-state index >= 15 is 0 Å². The van der Waals surface area contributed by atoms with Crippen molar-refractivity contribution in [1.29, 1.82) is 0 Å². The Labute approximate surface area is 69.1 Å². The van der Waals surface area contributed by atoms with Crippen molar-refractivity contribution in [2.24, 2.45) is 0 Å². The van der Waals surface area contributed by atoms with Crippen molar-refractivity contribution in [3.63, 3.8) is 0 Å². The van der Waals surface area contributed by atoms with E-state index in [9.17, 15) is 5.11 Å². The summed E-state index contributed by atoms with van der Waals surface area (Å²) in [7, 11) is 0. The maximum atomic E-state index is 9.38. The van der Waals surface area contributed by atoms with Gasteiger partial charge in [0.25, 0.3) is 0 Å². The van der Waals surface area contributed by atoms with Crippen LogP contribution in [0.2, 0.25) is 0 Å². The van der Waals surface area contributed by atoms with Gasteiger partial charge in [0.2, 0.25) is 0 Å². The third-order valence-corrected chi connectivity index (χ3v) is 1.35. The first kappa shape index (κ1) is 10.3. The van der Waals surface area contributed by atoms with E-state index in [1.165, 1.54) is 0 Å². The van der Waals surface area contributed by atoms with Crippen LogP contribution in [-0.4, -0.2) is 10.7 Å². The number of hydrogen-bond acceptors (Lipinski definition) is 1. The molecular weight excluding hydrogens is 136 g/mol. The maximum Gasteiger partial charge on any atom is 0.0912 e. The summed E-state index contributed by atoms with van der Waals surface area (Å²) in [4.78, 5) is 0. The van der Waals surface area contributed by atoms with E-state index in [0.29, 0.717) is 5.57 Å². The molecule has 0 rings (SSSR count). The Balaban J connectivity index is 4.01. The quantitative estimate of drug-likeness (QED) is 0.601. The predicted octanol–water partition coefficient (Wildman–Crippen LogP) is 2.12. The fourth-order valence-corrected chi connectivity index (χ4v) is 0.447. The van der Waals surface area contributed by atoms with Crippen molar-refractivity contribution in [2.75, 3.05) is 0 Å². The van der Waals surface area contributed by atoms with Gasteiger partial charge in [-0.25, -0.2) is 0 Å². The minimum Gasteiger partial charge on any atom is -0.385 e. The molecule has 1 N–H and O–H groups in total. The van der Waals surface area contributed by atoms with Gasteiger partial charge in [-0.15, -0.1) is 0 Å². The Hall–Kier alpha value is -0.740. The average molecular weight is 152 g/mol. The number of unbranched alkanes of at least 4 members (excludes halogenated alkanes) is 1. The Bertz CT molecular complexity index is 185. The second kappa shape index (κ2) is 4.20. The van der Waals surface area contributed by atoms with Crippen molar-refractivity contribution in [3.8, 4) is 11.8 Å². The summed E-state index contributed by atoms with van der Waals surface area (Å²) >= 11 is 0. The molecule has 0 spiro atoms. The lowest BCUT2D eigenvalue weighted by molar-refractivity contribution is 0.125. The van der Waals surface area contributed by atoms with E-state index in [0.717, 1.165) is 12.8 Å². The molecule has 0 aromatic rings. The van der Waals surface area contributed by atoms with E-state index in [2.05, 4.69) is 25.3 Å². The third kappa shape index (κ3) is 4.64. The van der Waals surface area contributed by atoms with Gasteiger partial charge in [-0.05, 0) is 20.3 Å². The zero-order chi connectivity index (χ0) is 8.91. The molecule has 0 bridgehead atoms. The van der Waals surface area contributed by atoms with Gasteiger partial charge < -0.3 is 5.11 Å². The Morgan fingerprint density at radius 2 is 2.09 bits per heavy atom. The lowest BCUT2D eigenvalue weighted by Gasteiger charge is -2.14. The number of hydrogen-bond donors (Lipinski definition) is 1. The highest BCUT2D eigenvalue weighted by Gasteiger charge is 2.14. The highest BCUT2D eigenvalue weighted by molar-refractivity contribution is 5.32. The van der Waals surface area contributed by atoms with Gasteiger partial charge in [0.05, 0.1) is 5.60 Å². The summed E-state index contributed by atoms with van der Waals surface area (Å²) in [5, 5.41) is 9.38. The molecule has 0 saturated carbocycles. The monoisotopic (exact) mass is 152 g/mol. The largest absolute Gasteiger partial charge is 0.385 e. The second-order valence-electron chi connectivity index (χ2n) is 3.09. The Kier molecular flexibility index (Phi) is 3.92. The molecule has 0 aliphatic heterocycles. The molecule has 0 saturated heterocycles. The van der Waals surface area contributed by atoms with Gasteiger partial charge in [0, 0.05) is 12.0 Å². The van der Waals surface area contributed by atoms with E-state index in [1.54, 1.807) is 13.8 Å². The van der Waals surface area contributed by atoms with Gasteiger partial charge in [-0.3, -0.25) is 0 Å². The normalized spacial score (nSPS) is 10.2. The van der Waals surface area contributed by atoms with Crippen LogP contribution in [0.5, 0.6) is 0 Å². The highest BCUT2D eigenvalue weighted by atomic mass is 16.3. The topological polar surface area (TPSA) is 20.2 Å². The molecule has 0 aromatic heterocycles. The molecule has 0 fully saturated rings. The fourth-order valence-electron chi connectivity index (χ4n) is 0.447. The Morgan fingerprint density at radius 1 is 1.55 bits per heavy atom. The predicted molar refractivity (Wildman–Crippen MR) is 48.1 cm³/mol. The molecule has 1 heteroatoms. The zero-order valence-corrected chi connectivity index (χ0v) is 7.57. The summed E-state index contributed by atoms with van der Waals surface area (Å²) in [6.07, 6.45) is 1.92. The summed E-state index contributed by atoms with van der Waals surface area (Å²) < 4.78 is 0. The summed E-state index contributed by atoms with van der Waals surface area (Å²) in [6.45, 7) is 9.13. The maximum absolute atomic E-state index is 9.38. The zero-order valence-electron chi connectivity index (χ0n) is 7.57. The van der Waals surface area contributed by atoms with Crippen molar-refractivity contribution >= 4 is 0 Å². The van der Waals surface area contributed by atoms with Crippen LogP contribution in [0.1, 0.15) is 33.6 Å². The molecule has 0 amide bonds. The van der Waals surface area contributed by atoms with E-state index in [4.69, 9.17) is 0 Å². The van der Waals surface area contributed by atoms with Crippen LogP contribution < -0.4 is 0 Å². The molecule has 0 atom stereocenters. The van der Waals surface area contributed by atoms with Crippen molar-refractivity contribution in [3.05, 3.63) is 12.2 Å². The van der Waals surface area contributed by atoms with Crippen LogP contribution in [0.4, 0.5) is 0 Å². The molecule has 1 nitrogen and oxygen atoms in total. The molecule has 62 valence electrons. The second-order valence-corrected chi connectivity index (χ2v) is 3.09. The molecule has 0 aliphatic carbocycles. The van der Waals surface area contributed by atoms with Crippen LogP contribution in [0.25, 0.3) is 0 Å². The first-order valence-electron chi connectivity index (χ1n) is 3.89. The number of rotatable bonds is 2. The minimum absolute atomic E-state index is 0.589. The fraction of sp³-hybridized carbons (Fsp3) is 0.600.